The van der Waals surface area contributed by atoms with Gasteiger partial charge >= 0.3 is 0 Å². The molecule has 1 aromatic rings. The summed E-state index contributed by atoms with van der Waals surface area (Å²) in [7, 11) is 0. The number of amides is 1. The average molecular weight is 300 g/mol. The molecule has 102 valence electrons. The molecule has 3 nitrogen and oxygen atoms in total. The molecular weight excluding hydrogens is 285 g/mol. The van der Waals surface area contributed by atoms with Crippen LogP contribution >= 0.6 is 23.2 Å². The normalized spacial score (nSPS) is 29.6. The fourth-order valence-corrected chi connectivity index (χ4v) is 3.67. The van der Waals surface area contributed by atoms with E-state index < -0.39 is 0 Å². The maximum absolute atomic E-state index is 12.6. The quantitative estimate of drug-likeness (QED) is 0.865. The van der Waals surface area contributed by atoms with Gasteiger partial charge in [0.2, 0.25) is 0 Å². The van der Waals surface area contributed by atoms with Crippen molar-refractivity contribution in [2.75, 3.05) is 0 Å². The smallest absolute Gasteiger partial charge is 0.255 e. The van der Waals surface area contributed by atoms with Crippen molar-refractivity contribution < 1.29 is 9.90 Å². The Labute approximate surface area is 122 Å². The van der Waals surface area contributed by atoms with Crippen molar-refractivity contribution in [2.45, 2.75) is 43.9 Å². The lowest BCUT2D eigenvalue weighted by Crippen LogP contribution is -2.48. The topological polar surface area (TPSA) is 40.5 Å². The lowest BCUT2D eigenvalue weighted by Gasteiger charge is -2.37. The molecule has 1 aromatic carbocycles. The molecule has 0 saturated carbocycles. The largest absolute Gasteiger partial charge is 0.393 e. The number of fused-ring (bicyclic) bond motifs is 2. The number of aliphatic hydroxyl groups is 1. The zero-order valence-electron chi connectivity index (χ0n) is 10.4. The van der Waals surface area contributed by atoms with Crippen molar-refractivity contribution >= 4 is 29.1 Å². The highest BCUT2D eigenvalue weighted by Gasteiger charge is 2.43. The average Bonchev–Trinajstić information content (AvgIpc) is 2.64. The van der Waals surface area contributed by atoms with Crippen LogP contribution in [-0.2, 0) is 0 Å². The van der Waals surface area contributed by atoms with E-state index in [0.717, 1.165) is 12.8 Å². The van der Waals surface area contributed by atoms with E-state index >= 15 is 0 Å². The van der Waals surface area contributed by atoms with Crippen molar-refractivity contribution in [1.29, 1.82) is 0 Å². The van der Waals surface area contributed by atoms with Gasteiger partial charge in [0.15, 0.2) is 0 Å². The first-order chi connectivity index (χ1) is 9.08. The highest BCUT2D eigenvalue weighted by Crippen LogP contribution is 2.38. The highest BCUT2D eigenvalue weighted by atomic mass is 35.5. The number of hydrogen-bond acceptors (Lipinski definition) is 2. The van der Waals surface area contributed by atoms with E-state index in [2.05, 4.69) is 0 Å². The van der Waals surface area contributed by atoms with Crippen molar-refractivity contribution in [2.24, 2.45) is 0 Å². The Balaban J connectivity index is 1.91. The van der Waals surface area contributed by atoms with E-state index in [4.69, 9.17) is 23.2 Å². The van der Waals surface area contributed by atoms with Crippen molar-refractivity contribution in [3.63, 3.8) is 0 Å². The SMILES string of the molecule is O=C(c1cccc(Cl)c1Cl)N1C2CCC1CC(O)C2. The second kappa shape index (κ2) is 4.97. The van der Waals surface area contributed by atoms with Gasteiger partial charge in [-0.25, -0.2) is 0 Å². The molecule has 19 heavy (non-hydrogen) atoms. The predicted molar refractivity (Wildman–Crippen MR) is 74.7 cm³/mol. The van der Waals surface area contributed by atoms with E-state index in [-0.39, 0.29) is 24.1 Å². The molecule has 2 fully saturated rings. The van der Waals surface area contributed by atoms with E-state index in [1.54, 1.807) is 18.2 Å². The maximum atomic E-state index is 12.6. The molecule has 2 heterocycles. The van der Waals surface area contributed by atoms with Gasteiger partial charge in [0.05, 0.1) is 21.7 Å². The first-order valence-corrected chi connectivity index (χ1v) is 7.28. The molecule has 2 saturated heterocycles. The van der Waals surface area contributed by atoms with Gasteiger partial charge in [-0.2, -0.15) is 0 Å². The van der Waals surface area contributed by atoms with Gasteiger partial charge in [-0.15, -0.1) is 0 Å². The molecule has 0 aliphatic carbocycles. The number of halogens is 2. The lowest BCUT2D eigenvalue weighted by molar-refractivity contribution is 0.0287. The van der Waals surface area contributed by atoms with Crippen LogP contribution in [0, 0.1) is 0 Å². The second-order valence-electron chi connectivity index (χ2n) is 5.32. The Bertz CT molecular complexity index is 506. The third-order valence-electron chi connectivity index (χ3n) is 4.12. The van der Waals surface area contributed by atoms with Gasteiger partial charge in [0.25, 0.3) is 5.91 Å². The molecule has 2 aliphatic heterocycles. The molecule has 2 bridgehead atoms. The van der Waals surface area contributed by atoms with Crippen LogP contribution in [0.4, 0.5) is 0 Å². The standard InChI is InChI=1S/C14H15Cl2NO2/c15-12-3-1-2-11(13(12)16)14(19)17-8-4-5-9(17)7-10(18)6-8/h1-3,8-10,18H,4-7H2. The van der Waals surface area contributed by atoms with Crippen LogP contribution in [0.15, 0.2) is 18.2 Å². The summed E-state index contributed by atoms with van der Waals surface area (Å²) in [5, 5.41) is 10.5. The van der Waals surface area contributed by atoms with Crippen LogP contribution in [0.1, 0.15) is 36.0 Å². The summed E-state index contributed by atoms with van der Waals surface area (Å²) in [5.74, 6) is -0.0631. The van der Waals surface area contributed by atoms with E-state index in [0.29, 0.717) is 28.5 Å². The summed E-state index contributed by atoms with van der Waals surface area (Å²) in [5.41, 5.74) is 0.461. The zero-order chi connectivity index (χ0) is 13.6. The first kappa shape index (κ1) is 13.2. The van der Waals surface area contributed by atoms with Crippen molar-refractivity contribution in [3.8, 4) is 0 Å². The zero-order valence-corrected chi connectivity index (χ0v) is 11.9. The minimum atomic E-state index is -0.281. The summed E-state index contributed by atoms with van der Waals surface area (Å²) >= 11 is 12.1. The third kappa shape index (κ3) is 2.24. The van der Waals surface area contributed by atoms with Crippen LogP contribution in [0.5, 0.6) is 0 Å². The molecule has 2 atom stereocenters. The third-order valence-corrected chi connectivity index (χ3v) is 4.94. The molecule has 1 N–H and O–H groups in total. The van der Waals surface area contributed by atoms with Gasteiger partial charge in [-0.1, -0.05) is 29.3 Å². The molecule has 0 aromatic heterocycles. The Kier molecular flexibility index (Phi) is 3.46. The Morgan fingerprint density at radius 3 is 2.47 bits per heavy atom. The Morgan fingerprint density at radius 2 is 1.84 bits per heavy atom. The Hall–Kier alpha value is -0.770. The molecule has 3 rings (SSSR count). The van der Waals surface area contributed by atoms with Crippen LogP contribution in [0.2, 0.25) is 10.0 Å². The fourth-order valence-electron chi connectivity index (χ4n) is 3.29. The molecular formula is C14H15Cl2NO2. The molecule has 2 aliphatic rings. The molecule has 5 heteroatoms. The van der Waals surface area contributed by atoms with Crippen LogP contribution < -0.4 is 0 Å². The highest BCUT2D eigenvalue weighted by molar-refractivity contribution is 6.43. The van der Waals surface area contributed by atoms with E-state index in [9.17, 15) is 9.90 Å². The fraction of sp³-hybridized carbons (Fsp3) is 0.500. The molecule has 0 spiro atoms. The summed E-state index contributed by atoms with van der Waals surface area (Å²) in [6.07, 6.45) is 2.98. The molecule has 1 amide bonds. The van der Waals surface area contributed by atoms with Crippen LogP contribution in [0.25, 0.3) is 0 Å². The number of benzene rings is 1. The predicted octanol–water partition coefficient (Wildman–Crippen LogP) is 3.12. The van der Waals surface area contributed by atoms with Gasteiger partial charge < -0.3 is 10.0 Å². The van der Waals surface area contributed by atoms with E-state index in [1.165, 1.54) is 0 Å². The van der Waals surface area contributed by atoms with Crippen molar-refractivity contribution in [1.82, 2.24) is 4.90 Å². The minimum absolute atomic E-state index is 0.0631. The number of nitrogens with zero attached hydrogens (tertiary/aromatic N) is 1. The van der Waals surface area contributed by atoms with Crippen molar-refractivity contribution in [3.05, 3.63) is 33.8 Å². The Morgan fingerprint density at radius 1 is 1.21 bits per heavy atom. The number of piperidine rings is 1. The first-order valence-electron chi connectivity index (χ1n) is 6.52. The number of hydrogen-bond donors (Lipinski definition) is 1. The van der Waals surface area contributed by atoms with Gasteiger partial charge in [-0.3, -0.25) is 4.79 Å². The van der Waals surface area contributed by atoms with Crippen LogP contribution in [0.3, 0.4) is 0 Å². The summed E-state index contributed by atoms with van der Waals surface area (Å²) < 4.78 is 0. The number of carbonyl (C=O) groups is 1. The van der Waals surface area contributed by atoms with Gasteiger partial charge in [0, 0.05) is 12.1 Å². The van der Waals surface area contributed by atoms with Gasteiger partial charge in [0.1, 0.15) is 0 Å². The molecule has 2 unspecified atom stereocenters. The number of aliphatic hydroxyl groups excluding tert-OH is 1. The number of carbonyl (C=O) groups excluding carboxylic acids is 1. The summed E-state index contributed by atoms with van der Waals surface area (Å²) in [6, 6.07) is 5.39. The van der Waals surface area contributed by atoms with Crippen LogP contribution in [-0.4, -0.2) is 34.1 Å². The molecule has 0 radical (unpaired) electrons. The number of rotatable bonds is 1. The lowest BCUT2D eigenvalue weighted by atomic mass is 9.98. The van der Waals surface area contributed by atoms with E-state index in [1.807, 2.05) is 4.90 Å². The minimum Gasteiger partial charge on any atom is -0.393 e. The maximum Gasteiger partial charge on any atom is 0.255 e. The second-order valence-corrected chi connectivity index (χ2v) is 6.11. The monoisotopic (exact) mass is 299 g/mol. The summed E-state index contributed by atoms with van der Waals surface area (Å²) in [6.45, 7) is 0. The van der Waals surface area contributed by atoms with Gasteiger partial charge in [-0.05, 0) is 37.8 Å². The summed E-state index contributed by atoms with van der Waals surface area (Å²) in [4.78, 5) is 14.5.